The summed E-state index contributed by atoms with van der Waals surface area (Å²) in [6.07, 6.45) is 8.95. The van der Waals surface area contributed by atoms with Crippen molar-refractivity contribution in [2.75, 3.05) is 6.54 Å². The number of hydrogen-bond donors (Lipinski definition) is 1. The number of rotatable bonds is 4. The Kier molecular flexibility index (Phi) is 3.46. The minimum Gasteiger partial charge on any atom is -0.311 e. The van der Waals surface area contributed by atoms with E-state index in [0.29, 0.717) is 5.41 Å². The van der Waals surface area contributed by atoms with Crippen molar-refractivity contribution in [3.63, 3.8) is 0 Å². The van der Waals surface area contributed by atoms with Gasteiger partial charge in [-0.1, -0.05) is 6.42 Å². The maximum Gasteiger partial charge on any atom is 0.0930 e. The van der Waals surface area contributed by atoms with Crippen LogP contribution in [0.1, 0.15) is 51.5 Å². The van der Waals surface area contributed by atoms with Gasteiger partial charge >= 0.3 is 0 Å². The van der Waals surface area contributed by atoms with Gasteiger partial charge in [-0.2, -0.15) is 0 Å². The molecule has 3 unspecified atom stereocenters. The van der Waals surface area contributed by atoms with Crippen LogP contribution < -0.4 is 5.32 Å². The Morgan fingerprint density at radius 2 is 2.26 bits per heavy atom. The second-order valence-electron chi connectivity index (χ2n) is 7.65. The predicted molar refractivity (Wildman–Crippen MR) is 81.5 cm³/mol. The van der Waals surface area contributed by atoms with E-state index in [9.17, 15) is 0 Å². The maximum atomic E-state index is 4.54. The van der Waals surface area contributed by atoms with Crippen LogP contribution in [-0.4, -0.2) is 17.1 Å². The molecule has 0 amide bonds. The van der Waals surface area contributed by atoms with Crippen LogP contribution in [-0.2, 0) is 6.42 Å². The summed E-state index contributed by atoms with van der Waals surface area (Å²) in [5, 5.41) is 7.23. The zero-order valence-corrected chi connectivity index (χ0v) is 13.2. The first-order valence-corrected chi connectivity index (χ1v) is 8.48. The number of fused-ring (bicyclic) bond motifs is 2. The van der Waals surface area contributed by atoms with Crippen molar-refractivity contribution in [2.45, 2.75) is 58.4 Å². The molecule has 1 N–H and O–H groups in total. The lowest BCUT2D eigenvalue weighted by Crippen LogP contribution is -2.47. The molecule has 2 nitrogen and oxygen atoms in total. The van der Waals surface area contributed by atoms with Gasteiger partial charge in [0.2, 0.25) is 0 Å². The highest BCUT2D eigenvalue weighted by molar-refractivity contribution is 7.09. The van der Waals surface area contributed by atoms with Gasteiger partial charge < -0.3 is 5.32 Å². The smallest absolute Gasteiger partial charge is 0.0930 e. The van der Waals surface area contributed by atoms with Gasteiger partial charge in [0.15, 0.2) is 0 Å². The van der Waals surface area contributed by atoms with Crippen molar-refractivity contribution in [2.24, 2.45) is 17.3 Å². The molecular formula is C16H26N2S. The van der Waals surface area contributed by atoms with Crippen LogP contribution >= 0.6 is 11.3 Å². The number of thiazole rings is 1. The van der Waals surface area contributed by atoms with E-state index in [0.717, 1.165) is 18.4 Å². The molecule has 0 aromatic carbocycles. The lowest BCUT2D eigenvalue weighted by Gasteiger charge is -2.40. The molecule has 2 fully saturated rings. The summed E-state index contributed by atoms with van der Waals surface area (Å²) in [5.74, 6) is 1.92. The summed E-state index contributed by atoms with van der Waals surface area (Å²) >= 11 is 1.83. The minimum atomic E-state index is 0.220. The van der Waals surface area contributed by atoms with E-state index in [2.05, 4.69) is 36.5 Å². The number of aromatic nitrogens is 1. The molecule has 106 valence electrons. The number of nitrogens with one attached hydrogen (secondary N) is 1. The summed E-state index contributed by atoms with van der Waals surface area (Å²) < 4.78 is 0. The molecular weight excluding hydrogens is 252 g/mol. The Hall–Kier alpha value is -0.410. The van der Waals surface area contributed by atoms with Crippen LogP contribution in [0.2, 0.25) is 0 Å². The highest BCUT2D eigenvalue weighted by Gasteiger charge is 2.51. The second kappa shape index (κ2) is 4.85. The van der Waals surface area contributed by atoms with Crippen molar-refractivity contribution in [3.05, 3.63) is 16.6 Å². The fraction of sp³-hybridized carbons (Fsp3) is 0.812. The highest BCUT2D eigenvalue weighted by atomic mass is 32.1. The molecule has 1 heterocycles. The first-order chi connectivity index (χ1) is 8.97. The summed E-state index contributed by atoms with van der Waals surface area (Å²) in [7, 11) is 0. The summed E-state index contributed by atoms with van der Waals surface area (Å²) in [4.78, 5) is 4.54. The topological polar surface area (TPSA) is 24.9 Å². The lowest BCUT2D eigenvalue weighted by atomic mass is 9.70. The molecule has 3 rings (SSSR count). The summed E-state index contributed by atoms with van der Waals surface area (Å²) in [6.45, 7) is 7.99. The summed E-state index contributed by atoms with van der Waals surface area (Å²) in [5.41, 5.74) is 0.700. The Labute approximate surface area is 121 Å². The normalized spacial score (nSPS) is 34.1. The molecule has 2 bridgehead atoms. The van der Waals surface area contributed by atoms with Crippen LogP contribution in [0.3, 0.4) is 0 Å². The second-order valence-corrected chi connectivity index (χ2v) is 8.63. The third-order valence-electron chi connectivity index (χ3n) is 5.06. The largest absolute Gasteiger partial charge is 0.311 e. The van der Waals surface area contributed by atoms with E-state index >= 15 is 0 Å². The molecule has 3 atom stereocenters. The monoisotopic (exact) mass is 278 g/mol. The van der Waals surface area contributed by atoms with Gasteiger partial charge in [0, 0.05) is 30.1 Å². The van der Waals surface area contributed by atoms with Gasteiger partial charge in [-0.3, -0.25) is 0 Å². The van der Waals surface area contributed by atoms with Crippen molar-refractivity contribution in [3.8, 4) is 0 Å². The average molecular weight is 278 g/mol. The van der Waals surface area contributed by atoms with Gasteiger partial charge in [0.05, 0.1) is 5.01 Å². The van der Waals surface area contributed by atoms with E-state index in [-0.39, 0.29) is 5.54 Å². The van der Waals surface area contributed by atoms with Crippen molar-refractivity contribution >= 4 is 11.3 Å². The fourth-order valence-corrected chi connectivity index (χ4v) is 4.91. The Balaban J connectivity index is 1.76. The molecule has 2 aliphatic carbocycles. The Morgan fingerprint density at radius 3 is 2.79 bits per heavy atom. The zero-order valence-electron chi connectivity index (χ0n) is 12.4. The molecule has 1 aromatic heterocycles. The molecule has 0 saturated heterocycles. The first-order valence-electron chi connectivity index (χ1n) is 7.60. The molecule has 1 aromatic rings. The molecule has 0 spiro atoms. The van der Waals surface area contributed by atoms with E-state index in [4.69, 9.17) is 0 Å². The molecule has 0 radical (unpaired) electrons. The Morgan fingerprint density at radius 1 is 1.42 bits per heavy atom. The van der Waals surface area contributed by atoms with Crippen LogP contribution in [0.25, 0.3) is 0 Å². The predicted octanol–water partition coefficient (Wildman–Crippen LogP) is 3.88. The van der Waals surface area contributed by atoms with Crippen LogP contribution in [0, 0.1) is 17.3 Å². The van der Waals surface area contributed by atoms with Gasteiger partial charge in [-0.15, -0.1) is 11.3 Å². The van der Waals surface area contributed by atoms with Gasteiger partial charge in [-0.05, 0) is 57.3 Å². The molecule has 0 aliphatic heterocycles. The van der Waals surface area contributed by atoms with Gasteiger partial charge in [0.25, 0.3) is 0 Å². The van der Waals surface area contributed by atoms with Crippen LogP contribution in [0.4, 0.5) is 0 Å². The summed E-state index contributed by atoms with van der Waals surface area (Å²) in [6, 6.07) is 0. The standard InChI is InChI=1S/C16H26N2S/c1-15(2,3)18-11-16(10-14-17-6-7-19-14)9-12-4-5-13(16)8-12/h6-7,12-13,18H,4-5,8-11H2,1-3H3. The zero-order chi connectivity index (χ0) is 13.5. The van der Waals surface area contributed by atoms with Gasteiger partial charge in [0.1, 0.15) is 0 Å². The molecule has 3 heteroatoms. The number of hydrogen-bond acceptors (Lipinski definition) is 3. The van der Waals surface area contributed by atoms with Crippen LogP contribution in [0.15, 0.2) is 11.6 Å². The molecule has 2 saturated carbocycles. The maximum absolute atomic E-state index is 4.54. The Bertz CT molecular complexity index is 420. The van der Waals surface area contributed by atoms with Crippen LogP contribution in [0.5, 0.6) is 0 Å². The van der Waals surface area contributed by atoms with Crippen molar-refractivity contribution < 1.29 is 0 Å². The fourth-order valence-electron chi connectivity index (χ4n) is 4.14. The van der Waals surface area contributed by atoms with E-state index in [1.807, 2.05) is 17.5 Å². The lowest BCUT2D eigenvalue weighted by molar-refractivity contribution is 0.143. The first kappa shape index (κ1) is 13.6. The quantitative estimate of drug-likeness (QED) is 0.904. The van der Waals surface area contributed by atoms with E-state index in [1.54, 1.807) is 0 Å². The highest BCUT2D eigenvalue weighted by Crippen LogP contribution is 2.57. The van der Waals surface area contributed by atoms with Crippen molar-refractivity contribution in [1.82, 2.24) is 10.3 Å². The third-order valence-corrected chi connectivity index (χ3v) is 5.84. The number of nitrogens with zero attached hydrogens (tertiary/aromatic N) is 1. The minimum absolute atomic E-state index is 0.220. The van der Waals surface area contributed by atoms with E-state index in [1.165, 1.54) is 37.1 Å². The SMILES string of the molecule is CC(C)(C)NCC1(Cc2nccs2)CC2CCC1C2. The van der Waals surface area contributed by atoms with E-state index < -0.39 is 0 Å². The average Bonchev–Trinajstić information content (AvgIpc) is 3.01. The van der Waals surface area contributed by atoms with Crippen molar-refractivity contribution in [1.29, 1.82) is 0 Å². The third kappa shape index (κ3) is 2.87. The molecule has 2 aliphatic rings. The molecule has 19 heavy (non-hydrogen) atoms. The van der Waals surface area contributed by atoms with Gasteiger partial charge in [-0.25, -0.2) is 4.98 Å².